The molecule has 32 heavy (non-hydrogen) atoms. The van der Waals surface area contributed by atoms with E-state index in [-0.39, 0.29) is 22.9 Å². The van der Waals surface area contributed by atoms with E-state index >= 15 is 0 Å². The number of sulfonamides is 1. The summed E-state index contributed by atoms with van der Waals surface area (Å²) in [6, 6.07) is 14.1. The lowest BCUT2D eigenvalue weighted by molar-refractivity contribution is -0.122. The molecule has 1 heterocycles. The first-order chi connectivity index (χ1) is 15.1. The summed E-state index contributed by atoms with van der Waals surface area (Å²) in [6.07, 6.45) is -1.25. The average molecular weight is 458 g/mol. The number of halogens is 2. The number of rotatable bonds is 4. The van der Waals surface area contributed by atoms with E-state index in [1.54, 1.807) is 30.3 Å². The second kappa shape index (κ2) is 8.23. The molecule has 1 atom stereocenters. The van der Waals surface area contributed by atoms with Gasteiger partial charge in [0.15, 0.2) is 6.10 Å². The number of benzene rings is 3. The minimum absolute atomic E-state index is 0.0705. The first-order valence-corrected chi connectivity index (χ1v) is 11.2. The fourth-order valence-electron chi connectivity index (χ4n) is 3.37. The van der Waals surface area contributed by atoms with Crippen molar-refractivity contribution in [3.05, 3.63) is 83.4 Å². The molecule has 0 aromatic heterocycles. The van der Waals surface area contributed by atoms with Crippen molar-refractivity contribution in [1.82, 2.24) is 0 Å². The first-order valence-electron chi connectivity index (χ1n) is 9.78. The molecule has 0 aliphatic carbocycles. The Morgan fingerprint density at radius 3 is 2.38 bits per heavy atom. The van der Waals surface area contributed by atoms with Crippen LogP contribution in [0.1, 0.15) is 11.1 Å². The molecule has 0 fully saturated rings. The average Bonchev–Trinajstić information content (AvgIpc) is 2.75. The van der Waals surface area contributed by atoms with Crippen LogP contribution in [0.15, 0.2) is 65.6 Å². The normalized spacial score (nSPS) is 15.6. The van der Waals surface area contributed by atoms with Gasteiger partial charge in [0.1, 0.15) is 17.4 Å². The van der Waals surface area contributed by atoms with Crippen LogP contribution in [-0.4, -0.2) is 27.0 Å². The summed E-state index contributed by atoms with van der Waals surface area (Å²) in [5.74, 6) is -2.29. The van der Waals surface area contributed by atoms with E-state index in [0.717, 1.165) is 27.6 Å². The van der Waals surface area contributed by atoms with Gasteiger partial charge in [0.25, 0.3) is 15.9 Å². The number of amides is 1. The van der Waals surface area contributed by atoms with E-state index in [9.17, 15) is 22.0 Å². The zero-order valence-electron chi connectivity index (χ0n) is 17.3. The van der Waals surface area contributed by atoms with Crippen molar-refractivity contribution in [3.8, 4) is 5.75 Å². The monoisotopic (exact) mass is 458 g/mol. The SMILES string of the molecule is Cc1ccc(S(=O)(=O)N2C[C@H](C(=O)Nc3ccc(F)cc3F)Oc3ccc(C)cc32)cc1. The predicted octanol–water partition coefficient (Wildman–Crippen LogP) is 4.18. The van der Waals surface area contributed by atoms with Gasteiger partial charge in [-0.05, 0) is 55.8 Å². The van der Waals surface area contributed by atoms with Crippen molar-refractivity contribution >= 4 is 27.3 Å². The van der Waals surface area contributed by atoms with Gasteiger partial charge in [-0.2, -0.15) is 0 Å². The van der Waals surface area contributed by atoms with Crippen LogP contribution in [-0.2, 0) is 14.8 Å². The smallest absolute Gasteiger partial charge is 0.267 e. The van der Waals surface area contributed by atoms with Crippen LogP contribution in [0.2, 0.25) is 0 Å². The Bertz CT molecular complexity index is 1290. The summed E-state index contributed by atoms with van der Waals surface area (Å²) in [7, 11) is -4.01. The Labute approximate surface area is 184 Å². The minimum atomic E-state index is -4.01. The number of carbonyl (C=O) groups is 1. The van der Waals surface area contributed by atoms with Crippen molar-refractivity contribution in [2.75, 3.05) is 16.2 Å². The number of anilines is 2. The lowest BCUT2D eigenvalue weighted by atomic mass is 10.1. The van der Waals surface area contributed by atoms with E-state index in [2.05, 4.69) is 5.32 Å². The van der Waals surface area contributed by atoms with Crippen LogP contribution in [0.3, 0.4) is 0 Å². The molecule has 0 saturated heterocycles. The molecule has 6 nitrogen and oxygen atoms in total. The highest BCUT2D eigenvalue weighted by Gasteiger charge is 2.37. The highest BCUT2D eigenvalue weighted by atomic mass is 32.2. The Balaban J connectivity index is 1.69. The molecule has 0 bridgehead atoms. The molecule has 1 amide bonds. The number of hydrogen-bond donors (Lipinski definition) is 1. The van der Waals surface area contributed by atoms with Crippen molar-refractivity contribution < 1.29 is 26.7 Å². The van der Waals surface area contributed by atoms with Gasteiger partial charge in [0.05, 0.1) is 22.8 Å². The van der Waals surface area contributed by atoms with Crippen LogP contribution in [0.4, 0.5) is 20.2 Å². The fraction of sp³-hybridized carbons (Fsp3) is 0.174. The number of hydrogen-bond acceptors (Lipinski definition) is 4. The quantitative estimate of drug-likeness (QED) is 0.637. The molecule has 0 unspecified atom stereocenters. The van der Waals surface area contributed by atoms with E-state index < -0.39 is 33.7 Å². The molecular weight excluding hydrogens is 438 g/mol. The van der Waals surface area contributed by atoms with E-state index in [1.165, 1.54) is 12.1 Å². The largest absolute Gasteiger partial charge is 0.476 e. The summed E-state index contributed by atoms with van der Waals surface area (Å²) < 4.78 is 60.9. The number of carbonyl (C=O) groups excluding carboxylic acids is 1. The molecule has 0 radical (unpaired) electrons. The van der Waals surface area contributed by atoms with Crippen LogP contribution in [0, 0.1) is 25.5 Å². The van der Waals surface area contributed by atoms with Crippen molar-refractivity contribution in [3.63, 3.8) is 0 Å². The van der Waals surface area contributed by atoms with Crippen LogP contribution < -0.4 is 14.4 Å². The zero-order valence-corrected chi connectivity index (χ0v) is 18.1. The molecule has 9 heteroatoms. The summed E-state index contributed by atoms with van der Waals surface area (Å²) in [6.45, 7) is 3.34. The van der Waals surface area contributed by atoms with E-state index in [4.69, 9.17) is 4.74 Å². The third kappa shape index (κ3) is 4.16. The van der Waals surface area contributed by atoms with Gasteiger partial charge >= 0.3 is 0 Å². The topological polar surface area (TPSA) is 75.7 Å². The number of ether oxygens (including phenoxy) is 1. The van der Waals surface area contributed by atoms with Gasteiger partial charge in [-0.15, -0.1) is 0 Å². The van der Waals surface area contributed by atoms with Crippen molar-refractivity contribution in [2.24, 2.45) is 0 Å². The molecule has 0 saturated carbocycles. The van der Waals surface area contributed by atoms with Gasteiger partial charge in [0.2, 0.25) is 0 Å². The molecule has 1 aliphatic rings. The first kappa shape index (κ1) is 21.8. The van der Waals surface area contributed by atoms with Crippen LogP contribution >= 0.6 is 0 Å². The highest BCUT2D eigenvalue weighted by molar-refractivity contribution is 7.92. The third-order valence-electron chi connectivity index (χ3n) is 5.07. The predicted molar refractivity (Wildman–Crippen MR) is 116 cm³/mol. The lowest BCUT2D eigenvalue weighted by Gasteiger charge is -2.35. The molecule has 3 aromatic rings. The van der Waals surface area contributed by atoms with Gasteiger partial charge < -0.3 is 10.1 Å². The number of nitrogens with one attached hydrogen (secondary N) is 1. The maximum absolute atomic E-state index is 14.0. The van der Waals surface area contributed by atoms with E-state index in [0.29, 0.717) is 11.8 Å². The molecule has 1 N–H and O–H groups in total. The van der Waals surface area contributed by atoms with Crippen LogP contribution in [0.25, 0.3) is 0 Å². The molecule has 0 spiro atoms. The zero-order chi connectivity index (χ0) is 23.0. The molecule has 166 valence electrons. The minimum Gasteiger partial charge on any atom is -0.476 e. The Morgan fingerprint density at radius 1 is 1.00 bits per heavy atom. The van der Waals surface area contributed by atoms with E-state index in [1.807, 2.05) is 13.8 Å². The van der Waals surface area contributed by atoms with Crippen molar-refractivity contribution in [2.45, 2.75) is 24.8 Å². The number of aryl methyl sites for hydroxylation is 2. The standard InChI is InChI=1S/C23H20F2N2O4S/c1-14-3-7-17(8-4-14)32(29,30)27-13-22(31-21-10-5-15(2)11-20(21)27)23(28)26-19-9-6-16(24)12-18(19)25/h3-12,22H,13H2,1-2H3,(H,26,28)/t22-/m1/s1. The summed E-state index contributed by atoms with van der Waals surface area (Å²) in [5, 5.41) is 2.34. The van der Waals surface area contributed by atoms with Gasteiger partial charge in [-0.1, -0.05) is 23.8 Å². The second-order valence-corrected chi connectivity index (χ2v) is 9.40. The second-order valence-electron chi connectivity index (χ2n) is 7.54. The summed E-state index contributed by atoms with van der Waals surface area (Å²) in [4.78, 5) is 12.9. The van der Waals surface area contributed by atoms with Crippen molar-refractivity contribution in [1.29, 1.82) is 0 Å². The van der Waals surface area contributed by atoms with Gasteiger partial charge in [-0.25, -0.2) is 17.2 Å². The van der Waals surface area contributed by atoms with Gasteiger partial charge in [0, 0.05) is 6.07 Å². The molecule has 4 rings (SSSR count). The maximum atomic E-state index is 14.0. The van der Waals surface area contributed by atoms with Gasteiger partial charge in [-0.3, -0.25) is 9.10 Å². The summed E-state index contributed by atoms with van der Waals surface area (Å²) in [5.41, 5.74) is 1.79. The third-order valence-corrected chi connectivity index (χ3v) is 6.87. The Kier molecular flexibility index (Phi) is 5.60. The Hall–Kier alpha value is -3.46. The summed E-state index contributed by atoms with van der Waals surface area (Å²) >= 11 is 0. The fourth-order valence-corrected chi connectivity index (χ4v) is 4.83. The highest BCUT2D eigenvalue weighted by Crippen LogP contribution is 2.38. The Morgan fingerprint density at radius 2 is 1.69 bits per heavy atom. The molecule has 1 aliphatic heterocycles. The molecule has 3 aromatic carbocycles. The molecular formula is C23H20F2N2O4S. The maximum Gasteiger partial charge on any atom is 0.267 e. The number of nitrogens with zero attached hydrogens (tertiary/aromatic N) is 1. The lowest BCUT2D eigenvalue weighted by Crippen LogP contribution is -2.49. The van der Waals surface area contributed by atoms with Crippen LogP contribution in [0.5, 0.6) is 5.75 Å². The number of fused-ring (bicyclic) bond motifs is 1.